The number of aliphatic hydroxyl groups is 1. The smallest absolute Gasteiger partial charge is 0.164 e. The van der Waals surface area contributed by atoms with Gasteiger partial charge in [0, 0.05) is 6.21 Å². The van der Waals surface area contributed by atoms with E-state index < -0.39 is 0 Å². The topological polar surface area (TPSA) is 75.4 Å². The minimum atomic E-state index is -0.236. The maximum Gasteiger partial charge on any atom is 0.164 e. The Kier molecular flexibility index (Phi) is 3.85. The van der Waals surface area contributed by atoms with Gasteiger partial charge in [-0.15, -0.1) is 0 Å². The van der Waals surface area contributed by atoms with Crippen LogP contribution in [0.25, 0.3) is 22.1 Å². The summed E-state index contributed by atoms with van der Waals surface area (Å²) >= 11 is 0. The second-order valence-corrected chi connectivity index (χ2v) is 5.20. The number of fused-ring (bicyclic) bond motifs is 2. The standard InChI is InChI=1S/C18H15N3O2/c1-11(22)14(12(2)23)10-19-13-7-8-17-18(9-13)21-16-6-4-3-5-15(16)20-17/h3-10,22H,1-2H3/b14-11+,19-10?. The van der Waals surface area contributed by atoms with E-state index in [4.69, 9.17) is 0 Å². The summed E-state index contributed by atoms with van der Waals surface area (Å²) in [5.74, 6) is -0.284. The largest absolute Gasteiger partial charge is 0.512 e. The molecule has 1 N–H and O–H groups in total. The summed E-state index contributed by atoms with van der Waals surface area (Å²) in [5.41, 5.74) is 4.00. The van der Waals surface area contributed by atoms with Gasteiger partial charge in [0.1, 0.15) is 5.76 Å². The predicted molar refractivity (Wildman–Crippen MR) is 91.2 cm³/mol. The summed E-state index contributed by atoms with van der Waals surface area (Å²) in [7, 11) is 0. The molecule has 0 spiro atoms. The Hall–Kier alpha value is -3.08. The molecule has 5 nitrogen and oxygen atoms in total. The van der Waals surface area contributed by atoms with Gasteiger partial charge in [-0.2, -0.15) is 0 Å². The van der Waals surface area contributed by atoms with Crippen molar-refractivity contribution >= 4 is 39.8 Å². The number of aliphatic hydroxyl groups excluding tert-OH is 1. The van der Waals surface area contributed by atoms with Crippen molar-refractivity contribution in [3.63, 3.8) is 0 Å². The Morgan fingerprint density at radius 2 is 1.61 bits per heavy atom. The number of ketones is 1. The minimum absolute atomic E-state index is 0.0483. The lowest BCUT2D eigenvalue weighted by Crippen LogP contribution is -2.01. The first-order valence-electron chi connectivity index (χ1n) is 7.16. The van der Waals surface area contributed by atoms with Crippen molar-refractivity contribution in [1.29, 1.82) is 0 Å². The first kappa shape index (κ1) is 14.8. The van der Waals surface area contributed by atoms with Crippen LogP contribution in [0, 0.1) is 0 Å². The molecule has 0 aliphatic rings. The summed E-state index contributed by atoms with van der Waals surface area (Å²) in [6, 6.07) is 13.1. The van der Waals surface area contributed by atoms with Crippen LogP contribution in [0.4, 0.5) is 5.69 Å². The van der Waals surface area contributed by atoms with E-state index in [1.54, 1.807) is 12.1 Å². The zero-order chi connectivity index (χ0) is 16.4. The van der Waals surface area contributed by atoms with Crippen LogP contribution in [-0.2, 0) is 4.79 Å². The van der Waals surface area contributed by atoms with Crippen molar-refractivity contribution in [2.24, 2.45) is 4.99 Å². The normalized spacial score (nSPS) is 12.8. The van der Waals surface area contributed by atoms with Gasteiger partial charge in [0.25, 0.3) is 0 Å². The highest BCUT2D eigenvalue weighted by atomic mass is 16.3. The molecule has 3 rings (SSSR count). The number of benzene rings is 2. The van der Waals surface area contributed by atoms with E-state index in [1.807, 2.05) is 30.3 Å². The molecule has 5 heteroatoms. The Labute approximate surface area is 133 Å². The van der Waals surface area contributed by atoms with E-state index in [1.165, 1.54) is 20.1 Å². The van der Waals surface area contributed by atoms with Gasteiger partial charge in [-0.25, -0.2) is 9.97 Å². The number of carbonyl (C=O) groups excluding carboxylic acids is 1. The van der Waals surface area contributed by atoms with Crippen LogP contribution in [0.1, 0.15) is 13.8 Å². The molecule has 0 saturated heterocycles. The van der Waals surface area contributed by atoms with Gasteiger partial charge in [0.2, 0.25) is 0 Å². The van der Waals surface area contributed by atoms with Gasteiger partial charge >= 0.3 is 0 Å². The molecule has 0 aliphatic carbocycles. The van der Waals surface area contributed by atoms with Crippen LogP contribution in [0.15, 0.2) is 58.8 Å². The summed E-state index contributed by atoms with van der Waals surface area (Å²) in [6.07, 6.45) is 1.37. The number of Topliss-reactive ketones (excluding diaryl/α,β-unsaturated/α-hetero) is 1. The molecule has 23 heavy (non-hydrogen) atoms. The summed E-state index contributed by atoms with van der Waals surface area (Å²) < 4.78 is 0. The highest BCUT2D eigenvalue weighted by molar-refractivity contribution is 6.13. The zero-order valence-electron chi connectivity index (χ0n) is 12.8. The van der Waals surface area contributed by atoms with E-state index in [-0.39, 0.29) is 17.1 Å². The molecular weight excluding hydrogens is 290 g/mol. The molecule has 0 aliphatic heterocycles. The van der Waals surface area contributed by atoms with Crippen molar-refractivity contribution in [3.8, 4) is 0 Å². The number of para-hydroxylation sites is 2. The molecule has 114 valence electrons. The van der Waals surface area contributed by atoms with Gasteiger partial charge in [-0.05, 0) is 44.2 Å². The van der Waals surface area contributed by atoms with Gasteiger partial charge in [-0.1, -0.05) is 12.1 Å². The molecule has 0 radical (unpaired) electrons. The average Bonchev–Trinajstić information content (AvgIpc) is 2.52. The maximum atomic E-state index is 11.4. The van der Waals surface area contributed by atoms with Crippen molar-refractivity contribution in [2.75, 3.05) is 0 Å². The van der Waals surface area contributed by atoms with Crippen LogP contribution in [0.2, 0.25) is 0 Å². The number of hydrogen-bond donors (Lipinski definition) is 1. The average molecular weight is 305 g/mol. The third kappa shape index (κ3) is 3.08. The maximum absolute atomic E-state index is 11.4. The monoisotopic (exact) mass is 305 g/mol. The summed E-state index contributed by atoms with van der Waals surface area (Å²) in [4.78, 5) is 24.8. The third-order valence-corrected chi connectivity index (χ3v) is 3.43. The number of aromatic nitrogens is 2. The fourth-order valence-corrected chi connectivity index (χ4v) is 2.27. The summed E-state index contributed by atoms with van der Waals surface area (Å²) in [6.45, 7) is 2.85. The highest BCUT2D eigenvalue weighted by Crippen LogP contribution is 2.21. The van der Waals surface area contributed by atoms with Crippen molar-refractivity contribution in [2.45, 2.75) is 13.8 Å². The SMILES string of the molecule is CC(=O)/C(C=Nc1ccc2nc3ccccc3nc2c1)=C(\C)O. The molecule has 0 atom stereocenters. The first-order valence-corrected chi connectivity index (χ1v) is 7.16. The lowest BCUT2D eigenvalue weighted by Gasteiger charge is -2.02. The fourth-order valence-electron chi connectivity index (χ4n) is 2.27. The third-order valence-electron chi connectivity index (χ3n) is 3.43. The lowest BCUT2D eigenvalue weighted by atomic mass is 10.2. The Bertz CT molecular complexity index is 970. The predicted octanol–water partition coefficient (Wildman–Crippen LogP) is 3.91. The molecule has 1 aromatic heterocycles. The molecule has 0 fully saturated rings. The van der Waals surface area contributed by atoms with Crippen molar-refractivity contribution < 1.29 is 9.90 Å². The molecule has 1 heterocycles. The minimum Gasteiger partial charge on any atom is -0.512 e. The number of rotatable bonds is 3. The molecule has 0 saturated carbocycles. The molecule has 0 bridgehead atoms. The number of aliphatic imine (C=N–C) groups is 1. The first-order chi connectivity index (χ1) is 11.0. The number of carbonyl (C=O) groups is 1. The van der Waals surface area contributed by atoms with Crippen LogP contribution in [-0.4, -0.2) is 27.1 Å². The molecule has 0 unspecified atom stereocenters. The van der Waals surface area contributed by atoms with E-state index >= 15 is 0 Å². The van der Waals surface area contributed by atoms with Crippen LogP contribution < -0.4 is 0 Å². The lowest BCUT2D eigenvalue weighted by molar-refractivity contribution is -0.113. The molecule has 2 aromatic carbocycles. The number of allylic oxidation sites excluding steroid dienone is 2. The van der Waals surface area contributed by atoms with Crippen molar-refractivity contribution in [3.05, 3.63) is 53.8 Å². The molecular formula is C18H15N3O2. The second kappa shape index (κ2) is 5.96. The molecule has 3 aromatic rings. The zero-order valence-corrected chi connectivity index (χ0v) is 12.8. The van der Waals surface area contributed by atoms with E-state index in [9.17, 15) is 9.90 Å². The number of nitrogens with zero attached hydrogens (tertiary/aromatic N) is 3. The fraction of sp³-hybridized carbons (Fsp3) is 0.111. The highest BCUT2D eigenvalue weighted by Gasteiger charge is 2.05. The van der Waals surface area contributed by atoms with Crippen LogP contribution >= 0.6 is 0 Å². The summed E-state index contributed by atoms with van der Waals surface area (Å²) in [5, 5.41) is 9.50. The van der Waals surface area contributed by atoms with Crippen molar-refractivity contribution in [1.82, 2.24) is 9.97 Å². The van der Waals surface area contributed by atoms with E-state index in [0.29, 0.717) is 5.69 Å². The number of hydrogen-bond acceptors (Lipinski definition) is 5. The van der Waals surface area contributed by atoms with Gasteiger partial charge in [-0.3, -0.25) is 9.79 Å². The van der Waals surface area contributed by atoms with E-state index in [0.717, 1.165) is 22.1 Å². The quantitative estimate of drug-likeness (QED) is 0.344. The van der Waals surface area contributed by atoms with Crippen LogP contribution in [0.3, 0.4) is 0 Å². The molecule has 0 amide bonds. The second-order valence-electron chi connectivity index (χ2n) is 5.20. The Morgan fingerprint density at radius 3 is 2.22 bits per heavy atom. The Balaban J connectivity index is 2.04. The Morgan fingerprint density at radius 1 is 1.00 bits per heavy atom. The van der Waals surface area contributed by atoms with Gasteiger partial charge < -0.3 is 5.11 Å². The van der Waals surface area contributed by atoms with Gasteiger partial charge in [0.05, 0.1) is 33.3 Å². The van der Waals surface area contributed by atoms with Gasteiger partial charge in [0.15, 0.2) is 5.78 Å². The van der Waals surface area contributed by atoms with E-state index in [2.05, 4.69) is 15.0 Å². The van der Waals surface area contributed by atoms with Crippen LogP contribution in [0.5, 0.6) is 0 Å².